The zero-order valence-corrected chi connectivity index (χ0v) is 9.99. The van der Waals surface area contributed by atoms with E-state index in [-0.39, 0.29) is 0 Å². The summed E-state index contributed by atoms with van der Waals surface area (Å²) in [4.78, 5) is 7.89. The second-order valence-electron chi connectivity index (χ2n) is 2.91. The fourth-order valence-electron chi connectivity index (χ4n) is 0.949. The van der Waals surface area contributed by atoms with E-state index >= 15 is 0 Å². The molecular formula is C13H14N2O2. The number of hydrogen-bond donors (Lipinski definition) is 0. The van der Waals surface area contributed by atoms with Crippen LogP contribution in [0.2, 0.25) is 0 Å². The van der Waals surface area contributed by atoms with Gasteiger partial charge in [-0.2, -0.15) is 0 Å². The average molecular weight is 230 g/mol. The molecule has 0 amide bonds. The minimum absolute atomic E-state index is 0.308. The zero-order chi connectivity index (χ0) is 12.3. The summed E-state index contributed by atoms with van der Waals surface area (Å²) >= 11 is 0. The van der Waals surface area contributed by atoms with Gasteiger partial charge in [-0.05, 0) is 6.92 Å². The van der Waals surface area contributed by atoms with E-state index in [9.17, 15) is 0 Å². The predicted octanol–water partition coefficient (Wildman–Crippen LogP) is 1.67. The topological polar surface area (TPSA) is 44.2 Å². The summed E-state index contributed by atoms with van der Waals surface area (Å²) in [5, 5.41) is 0. The average Bonchev–Trinajstić information content (AvgIpc) is 2.36. The van der Waals surface area contributed by atoms with Crippen LogP contribution in [0.4, 0.5) is 0 Å². The Balaban J connectivity index is 2.49. The van der Waals surface area contributed by atoms with E-state index in [4.69, 9.17) is 9.47 Å². The van der Waals surface area contributed by atoms with Crippen LogP contribution in [0.3, 0.4) is 0 Å². The number of aromatic nitrogens is 2. The van der Waals surface area contributed by atoms with Crippen molar-refractivity contribution in [1.82, 2.24) is 9.97 Å². The molecule has 1 aromatic heterocycles. The van der Waals surface area contributed by atoms with E-state index in [1.54, 1.807) is 13.0 Å². The van der Waals surface area contributed by atoms with Crippen molar-refractivity contribution < 1.29 is 9.47 Å². The molecule has 88 valence electrons. The van der Waals surface area contributed by atoms with E-state index in [1.807, 2.05) is 6.92 Å². The number of hydrogen-bond acceptors (Lipinski definition) is 4. The molecule has 0 aliphatic heterocycles. The standard InChI is InChI=1S/C13H14N2O2/c1-3-5-7-9-17-13-10-12(14-11-15-13)16-8-6-4-2/h10-11H,3,8-9H2,1-2H3. The minimum atomic E-state index is 0.308. The molecule has 0 saturated carbocycles. The predicted molar refractivity (Wildman–Crippen MR) is 64.5 cm³/mol. The third-order valence-corrected chi connectivity index (χ3v) is 1.68. The van der Waals surface area contributed by atoms with Crippen LogP contribution in [-0.2, 0) is 0 Å². The Hall–Kier alpha value is -2.20. The second-order valence-corrected chi connectivity index (χ2v) is 2.91. The van der Waals surface area contributed by atoms with Gasteiger partial charge in [0.1, 0.15) is 6.33 Å². The molecule has 1 aromatic rings. The lowest BCUT2D eigenvalue weighted by Gasteiger charge is -2.03. The summed E-state index contributed by atoms with van der Waals surface area (Å²) in [6.45, 7) is 4.37. The fraction of sp³-hybridized carbons (Fsp3) is 0.385. The van der Waals surface area contributed by atoms with Crippen molar-refractivity contribution >= 4 is 0 Å². The first-order chi connectivity index (χ1) is 8.36. The molecule has 0 aliphatic rings. The summed E-state index contributed by atoms with van der Waals surface area (Å²) in [5.41, 5.74) is 0. The van der Waals surface area contributed by atoms with Crippen LogP contribution in [0.15, 0.2) is 12.4 Å². The van der Waals surface area contributed by atoms with Gasteiger partial charge in [0.15, 0.2) is 13.2 Å². The van der Waals surface area contributed by atoms with Gasteiger partial charge in [-0.1, -0.05) is 18.8 Å². The quantitative estimate of drug-likeness (QED) is 0.738. The molecule has 17 heavy (non-hydrogen) atoms. The third-order valence-electron chi connectivity index (χ3n) is 1.68. The van der Waals surface area contributed by atoms with E-state index in [0.29, 0.717) is 25.0 Å². The summed E-state index contributed by atoms with van der Waals surface area (Å²) in [6.07, 6.45) is 2.20. The Bertz CT molecular complexity index is 464. The van der Waals surface area contributed by atoms with Crippen molar-refractivity contribution in [3.05, 3.63) is 12.4 Å². The van der Waals surface area contributed by atoms with Crippen LogP contribution >= 0.6 is 0 Å². The van der Waals surface area contributed by atoms with Crippen LogP contribution in [0.5, 0.6) is 11.8 Å². The molecule has 1 heterocycles. The van der Waals surface area contributed by atoms with Crippen LogP contribution in [-0.4, -0.2) is 23.2 Å². The summed E-state index contributed by atoms with van der Waals surface area (Å²) in [6, 6.07) is 1.62. The molecular weight excluding hydrogens is 216 g/mol. The monoisotopic (exact) mass is 230 g/mol. The van der Waals surface area contributed by atoms with Crippen LogP contribution < -0.4 is 9.47 Å². The summed E-state index contributed by atoms with van der Waals surface area (Å²) in [7, 11) is 0. The van der Waals surface area contributed by atoms with Gasteiger partial charge in [-0.25, -0.2) is 9.97 Å². The molecule has 0 spiro atoms. The molecule has 0 aliphatic carbocycles. The normalized spacial score (nSPS) is 8.35. The first-order valence-corrected chi connectivity index (χ1v) is 5.29. The van der Waals surface area contributed by atoms with Crippen molar-refractivity contribution in [3.8, 4) is 35.4 Å². The van der Waals surface area contributed by atoms with Gasteiger partial charge < -0.3 is 9.47 Å². The van der Waals surface area contributed by atoms with Crippen LogP contribution in [0.1, 0.15) is 20.3 Å². The third kappa shape index (κ3) is 5.44. The van der Waals surface area contributed by atoms with Crippen LogP contribution in [0, 0.1) is 23.7 Å². The van der Waals surface area contributed by atoms with Crippen molar-refractivity contribution in [2.75, 3.05) is 13.2 Å². The minimum Gasteiger partial charge on any atom is -0.464 e. The van der Waals surface area contributed by atoms with Crippen molar-refractivity contribution in [2.45, 2.75) is 20.3 Å². The highest BCUT2D eigenvalue weighted by Gasteiger charge is 1.99. The van der Waals surface area contributed by atoms with Gasteiger partial charge in [-0.15, -0.1) is 11.8 Å². The van der Waals surface area contributed by atoms with Gasteiger partial charge in [0.25, 0.3) is 0 Å². The highest BCUT2D eigenvalue weighted by Crippen LogP contribution is 2.12. The highest BCUT2D eigenvalue weighted by atomic mass is 16.5. The second kappa shape index (κ2) is 8.01. The van der Waals surface area contributed by atoms with Gasteiger partial charge in [0, 0.05) is 6.42 Å². The molecule has 0 fully saturated rings. The number of rotatable bonds is 4. The maximum absolute atomic E-state index is 5.31. The Morgan fingerprint density at radius 1 is 1.06 bits per heavy atom. The van der Waals surface area contributed by atoms with Gasteiger partial charge in [0.05, 0.1) is 6.07 Å². The van der Waals surface area contributed by atoms with E-state index in [0.717, 1.165) is 6.42 Å². The molecule has 4 nitrogen and oxygen atoms in total. The molecule has 0 saturated heterocycles. The van der Waals surface area contributed by atoms with E-state index < -0.39 is 0 Å². The fourth-order valence-corrected chi connectivity index (χ4v) is 0.949. The lowest BCUT2D eigenvalue weighted by atomic mass is 10.5. The smallest absolute Gasteiger partial charge is 0.221 e. The lowest BCUT2D eigenvalue weighted by Crippen LogP contribution is -2.00. The molecule has 0 radical (unpaired) electrons. The maximum atomic E-state index is 5.31. The first kappa shape index (κ1) is 12.9. The Kier molecular flexibility index (Phi) is 6.06. The van der Waals surface area contributed by atoms with E-state index in [2.05, 4.69) is 33.6 Å². The Morgan fingerprint density at radius 3 is 2.29 bits per heavy atom. The molecule has 0 atom stereocenters. The Labute approximate surface area is 101 Å². The van der Waals surface area contributed by atoms with Crippen LogP contribution in [0.25, 0.3) is 0 Å². The molecule has 0 bridgehead atoms. The van der Waals surface area contributed by atoms with Gasteiger partial charge in [0.2, 0.25) is 11.8 Å². The van der Waals surface area contributed by atoms with Crippen molar-refractivity contribution in [1.29, 1.82) is 0 Å². The molecule has 0 aromatic carbocycles. The number of ether oxygens (including phenoxy) is 2. The van der Waals surface area contributed by atoms with E-state index in [1.165, 1.54) is 6.33 Å². The molecule has 0 unspecified atom stereocenters. The largest absolute Gasteiger partial charge is 0.464 e. The summed E-state index contributed by atoms with van der Waals surface area (Å²) in [5.74, 6) is 12.2. The Morgan fingerprint density at radius 2 is 1.71 bits per heavy atom. The number of nitrogens with zero attached hydrogens (tertiary/aromatic N) is 2. The first-order valence-electron chi connectivity index (χ1n) is 5.29. The van der Waals surface area contributed by atoms with Gasteiger partial charge >= 0.3 is 0 Å². The molecule has 0 N–H and O–H groups in total. The molecule has 4 heteroatoms. The highest BCUT2D eigenvalue weighted by molar-refractivity contribution is 5.19. The zero-order valence-electron chi connectivity index (χ0n) is 9.99. The van der Waals surface area contributed by atoms with Gasteiger partial charge in [-0.3, -0.25) is 0 Å². The maximum Gasteiger partial charge on any atom is 0.221 e. The molecule has 1 rings (SSSR count). The van der Waals surface area contributed by atoms with Crippen molar-refractivity contribution in [2.24, 2.45) is 0 Å². The van der Waals surface area contributed by atoms with Crippen molar-refractivity contribution in [3.63, 3.8) is 0 Å². The SMILES string of the molecule is CC#CCOc1cc(OCC#CCC)ncn1. The lowest BCUT2D eigenvalue weighted by molar-refractivity contribution is 0.331. The summed E-state index contributed by atoms with van der Waals surface area (Å²) < 4.78 is 10.6.